The number of amides is 1. The summed E-state index contributed by atoms with van der Waals surface area (Å²) >= 11 is 0. The van der Waals surface area contributed by atoms with Gasteiger partial charge in [-0.2, -0.15) is 0 Å². The number of imidazole rings is 1. The van der Waals surface area contributed by atoms with Crippen molar-refractivity contribution in [3.8, 4) is 0 Å². The molecule has 0 radical (unpaired) electrons. The molecular formula is C28H27N3O4. The first kappa shape index (κ1) is 21.6. The number of rotatable bonds is 4. The molecule has 0 bridgehead atoms. The molecule has 0 atom stereocenters. The fourth-order valence-electron chi connectivity index (χ4n) is 5.28. The minimum atomic E-state index is -0.381. The van der Waals surface area contributed by atoms with Crippen LogP contribution >= 0.6 is 0 Å². The van der Waals surface area contributed by atoms with Gasteiger partial charge < -0.3 is 18.7 Å². The van der Waals surface area contributed by atoms with E-state index in [0.29, 0.717) is 48.6 Å². The first-order valence-electron chi connectivity index (χ1n) is 12.1. The second-order valence-electron chi connectivity index (χ2n) is 9.55. The van der Waals surface area contributed by atoms with Crippen LogP contribution in [-0.2, 0) is 11.2 Å². The lowest BCUT2D eigenvalue weighted by Gasteiger charge is -2.31. The van der Waals surface area contributed by atoms with Crippen LogP contribution in [0.2, 0.25) is 0 Å². The highest BCUT2D eigenvalue weighted by Gasteiger charge is 2.26. The molecule has 2 aromatic carbocycles. The van der Waals surface area contributed by atoms with E-state index in [2.05, 4.69) is 4.98 Å². The summed E-state index contributed by atoms with van der Waals surface area (Å²) in [6.45, 7) is 5.31. The SMILES string of the molecule is Cc1coc2cc3oc(=O)c(CCC(=O)N4CCC(c5nc6ccccc6[nH]5)CC4)c(C)c3cc12. The summed E-state index contributed by atoms with van der Waals surface area (Å²) in [4.78, 5) is 35.8. The minimum Gasteiger partial charge on any atom is -0.464 e. The van der Waals surface area contributed by atoms with Crippen LogP contribution in [0.4, 0.5) is 0 Å². The van der Waals surface area contributed by atoms with Gasteiger partial charge >= 0.3 is 5.63 Å². The van der Waals surface area contributed by atoms with Crippen molar-refractivity contribution >= 4 is 38.9 Å². The molecule has 1 aliphatic heterocycles. The third-order valence-electron chi connectivity index (χ3n) is 7.41. The van der Waals surface area contributed by atoms with Crippen molar-refractivity contribution in [2.24, 2.45) is 0 Å². The van der Waals surface area contributed by atoms with Gasteiger partial charge in [0, 0.05) is 47.8 Å². The maximum Gasteiger partial charge on any atom is 0.339 e. The summed E-state index contributed by atoms with van der Waals surface area (Å²) in [5.41, 5.74) is 5.34. The minimum absolute atomic E-state index is 0.0769. The summed E-state index contributed by atoms with van der Waals surface area (Å²) in [7, 11) is 0. The molecule has 3 aromatic heterocycles. The van der Waals surface area contributed by atoms with Crippen LogP contribution in [-0.4, -0.2) is 33.9 Å². The third kappa shape index (κ3) is 3.81. The van der Waals surface area contributed by atoms with Crippen LogP contribution in [0.5, 0.6) is 0 Å². The molecule has 6 rings (SSSR count). The molecule has 1 saturated heterocycles. The zero-order chi connectivity index (χ0) is 24.1. The van der Waals surface area contributed by atoms with E-state index < -0.39 is 0 Å². The Bertz CT molecular complexity index is 1600. The number of piperidine rings is 1. The number of aromatic amines is 1. The van der Waals surface area contributed by atoms with Crippen LogP contribution in [0.25, 0.3) is 33.0 Å². The van der Waals surface area contributed by atoms with E-state index in [1.165, 1.54) is 0 Å². The number of nitrogens with one attached hydrogen (secondary N) is 1. The molecule has 0 saturated carbocycles. The van der Waals surface area contributed by atoms with Crippen molar-refractivity contribution in [3.05, 3.63) is 75.6 Å². The molecular weight excluding hydrogens is 442 g/mol. The summed E-state index contributed by atoms with van der Waals surface area (Å²) in [6.07, 6.45) is 4.12. The topological polar surface area (TPSA) is 92.3 Å². The number of benzene rings is 2. The zero-order valence-electron chi connectivity index (χ0n) is 19.9. The number of carbonyl (C=O) groups excluding carboxylic acids is 1. The molecule has 1 aliphatic rings. The molecule has 1 N–H and O–H groups in total. The molecule has 4 heterocycles. The fourth-order valence-corrected chi connectivity index (χ4v) is 5.28. The first-order valence-corrected chi connectivity index (χ1v) is 12.1. The molecule has 5 aromatic rings. The molecule has 7 heteroatoms. The van der Waals surface area contributed by atoms with Gasteiger partial charge in [-0.15, -0.1) is 0 Å². The Labute approximate surface area is 201 Å². The van der Waals surface area contributed by atoms with Gasteiger partial charge in [-0.25, -0.2) is 9.78 Å². The van der Waals surface area contributed by atoms with Gasteiger partial charge in [-0.1, -0.05) is 12.1 Å². The van der Waals surface area contributed by atoms with Crippen LogP contribution < -0.4 is 5.63 Å². The fraction of sp³-hybridized carbons (Fsp3) is 0.321. The zero-order valence-corrected chi connectivity index (χ0v) is 19.9. The molecule has 178 valence electrons. The Balaban J connectivity index is 1.14. The number of fused-ring (bicyclic) bond motifs is 3. The Hall–Kier alpha value is -3.87. The van der Waals surface area contributed by atoms with Crippen LogP contribution in [0.3, 0.4) is 0 Å². The van der Waals surface area contributed by atoms with E-state index in [1.807, 2.05) is 49.1 Å². The molecule has 1 amide bonds. The number of nitrogens with zero attached hydrogens (tertiary/aromatic N) is 2. The van der Waals surface area contributed by atoms with Gasteiger partial charge in [0.1, 0.15) is 17.0 Å². The van der Waals surface area contributed by atoms with E-state index in [1.54, 1.807) is 12.3 Å². The second kappa shape index (κ2) is 8.41. The van der Waals surface area contributed by atoms with E-state index >= 15 is 0 Å². The molecule has 0 spiro atoms. The normalized spacial score (nSPS) is 15.0. The van der Waals surface area contributed by atoms with E-state index in [9.17, 15) is 9.59 Å². The van der Waals surface area contributed by atoms with Gasteiger partial charge in [0.05, 0.1) is 17.3 Å². The van der Waals surface area contributed by atoms with Crippen molar-refractivity contribution in [1.82, 2.24) is 14.9 Å². The highest BCUT2D eigenvalue weighted by atomic mass is 16.4. The number of hydrogen-bond donors (Lipinski definition) is 1. The van der Waals surface area contributed by atoms with Gasteiger partial charge in [0.25, 0.3) is 0 Å². The number of furan rings is 1. The van der Waals surface area contributed by atoms with Gasteiger partial charge in [0.15, 0.2) is 0 Å². The number of aryl methyl sites for hydroxylation is 2. The van der Waals surface area contributed by atoms with E-state index in [4.69, 9.17) is 13.8 Å². The van der Waals surface area contributed by atoms with Crippen molar-refractivity contribution in [2.45, 2.75) is 45.4 Å². The average molecular weight is 470 g/mol. The number of hydrogen-bond acceptors (Lipinski definition) is 5. The number of para-hydroxylation sites is 2. The Kier molecular flexibility index (Phi) is 5.20. The highest BCUT2D eigenvalue weighted by molar-refractivity contribution is 5.96. The van der Waals surface area contributed by atoms with Crippen LogP contribution in [0, 0.1) is 13.8 Å². The third-order valence-corrected chi connectivity index (χ3v) is 7.41. The molecule has 7 nitrogen and oxygen atoms in total. The predicted molar refractivity (Wildman–Crippen MR) is 135 cm³/mol. The molecule has 35 heavy (non-hydrogen) atoms. The monoisotopic (exact) mass is 469 g/mol. The number of H-pyrrole nitrogens is 1. The Morgan fingerprint density at radius 1 is 1.11 bits per heavy atom. The Morgan fingerprint density at radius 2 is 1.91 bits per heavy atom. The molecule has 0 aliphatic carbocycles. The summed E-state index contributed by atoms with van der Waals surface area (Å²) < 4.78 is 11.2. The maximum absolute atomic E-state index is 13.0. The highest BCUT2D eigenvalue weighted by Crippen LogP contribution is 2.30. The lowest BCUT2D eigenvalue weighted by atomic mass is 9.95. The second-order valence-corrected chi connectivity index (χ2v) is 9.55. The number of aromatic nitrogens is 2. The molecule has 0 unspecified atom stereocenters. The van der Waals surface area contributed by atoms with Gasteiger partial charge in [0.2, 0.25) is 5.91 Å². The summed E-state index contributed by atoms with van der Waals surface area (Å²) in [6, 6.07) is 11.8. The predicted octanol–water partition coefficient (Wildman–Crippen LogP) is 5.37. The first-order chi connectivity index (χ1) is 17.0. The standard InChI is InChI=1S/C28H27N3O4/c1-16-15-34-24-14-25-21(13-20(16)24)17(2)19(28(33)35-25)7-8-26(32)31-11-9-18(10-12-31)27-29-22-5-3-4-6-23(22)30-27/h3-6,13-15,18H,7-12H2,1-2H3,(H,29,30). The summed E-state index contributed by atoms with van der Waals surface area (Å²) in [5, 5.41) is 1.89. The van der Waals surface area contributed by atoms with E-state index in [-0.39, 0.29) is 11.5 Å². The van der Waals surface area contributed by atoms with Gasteiger partial charge in [-0.3, -0.25) is 4.79 Å². The van der Waals surface area contributed by atoms with Crippen LogP contribution in [0.1, 0.15) is 47.7 Å². The summed E-state index contributed by atoms with van der Waals surface area (Å²) in [5.74, 6) is 1.40. The quantitative estimate of drug-likeness (QED) is 0.357. The van der Waals surface area contributed by atoms with E-state index in [0.717, 1.165) is 51.6 Å². The van der Waals surface area contributed by atoms with Crippen molar-refractivity contribution in [3.63, 3.8) is 0 Å². The van der Waals surface area contributed by atoms with Crippen LogP contribution in [0.15, 0.2) is 56.3 Å². The van der Waals surface area contributed by atoms with Crippen molar-refractivity contribution < 1.29 is 13.6 Å². The lowest BCUT2D eigenvalue weighted by Crippen LogP contribution is -2.38. The average Bonchev–Trinajstić information content (AvgIpc) is 3.46. The smallest absolute Gasteiger partial charge is 0.339 e. The number of carbonyl (C=O) groups is 1. The molecule has 1 fully saturated rings. The van der Waals surface area contributed by atoms with Crippen molar-refractivity contribution in [2.75, 3.05) is 13.1 Å². The number of likely N-dealkylation sites (tertiary alicyclic amines) is 1. The Morgan fingerprint density at radius 3 is 2.71 bits per heavy atom. The van der Waals surface area contributed by atoms with Gasteiger partial charge in [-0.05, 0) is 62.4 Å². The largest absolute Gasteiger partial charge is 0.464 e. The maximum atomic E-state index is 13.0. The lowest BCUT2D eigenvalue weighted by molar-refractivity contribution is -0.132. The van der Waals surface area contributed by atoms with Crippen molar-refractivity contribution in [1.29, 1.82) is 0 Å².